The molecule has 26 heavy (non-hydrogen) atoms. The predicted octanol–water partition coefficient (Wildman–Crippen LogP) is 2.81. The van der Waals surface area contributed by atoms with Gasteiger partial charge in [0, 0.05) is 6.08 Å². The highest BCUT2D eigenvalue weighted by molar-refractivity contribution is 5.87. The van der Waals surface area contributed by atoms with Crippen LogP contribution in [0.5, 0.6) is 0 Å². The summed E-state index contributed by atoms with van der Waals surface area (Å²) >= 11 is 0. The van der Waals surface area contributed by atoms with Crippen LogP contribution in [0.3, 0.4) is 0 Å². The van der Waals surface area contributed by atoms with Gasteiger partial charge in [0.1, 0.15) is 6.10 Å². The van der Waals surface area contributed by atoms with Crippen LogP contribution in [0.1, 0.15) is 47.8 Å². The zero-order chi connectivity index (χ0) is 18.4. The zero-order valence-corrected chi connectivity index (χ0v) is 14.6. The molecule has 0 saturated heterocycles. The minimum absolute atomic E-state index is 0.135. The Kier molecular flexibility index (Phi) is 5.78. The number of benzene rings is 1. The van der Waals surface area contributed by atoms with E-state index in [-0.39, 0.29) is 23.8 Å². The molecule has 2 atom stereocenters. The molecule has 3 rings (SSSR count). The van der Waals surface area contributed by atoms with Crippen molar-refractivity contribution >= 4 is 18.0 Å². The lowest BCUT2D eigenvalue weighted by molar-refractivity contribution is -0.147. The van der Waals surface area contributed by atoms with Crippen LogP contribution < -0.4 is 0 Å². The van der Waals surface area contributed by atoms with Gasteiger partial charge in [0.05, 0.1) is 19.3 Å². The van der Waals surface area contributed by atoms with E-state index >= 15 is 0 Å². The second kappa shape index (κ2) is 8.42. The smallest absolute Gasteiger partial charge is 0.360 e. The van der Waals surface area contributed by atoms with Crippen molar-refractivity contribution in [2.24, 2.45) is 0 Å². The first-order valence-electron chi connectivity index (χ1n) is 8.61. The Bertz CT molecular complexity index is 785. The fourth-order valence-corrected chi connectivity index (χ4v) is 3.07. The van der Waals surface area contributed by atoms with Crippen molar-refractivity contribution in [2.75, 3.05) is 7.11 Å². The van der Waals surface area contributed by atoms with Gasteiger partial charge in [-0.15, -0.1) is 5.10 Å². The van der Waals surface area contributed by atoms with Crippen molar-refractivity contribution in [3.8, 4) is 0 Å². The molecule has 136 valence electrons. The lowest BCUT2D eigenvalue weighted by Gasteiger charge is -2.30. The van der Waals surface area contributed by atoms with Gasteiger partial charge in [0.25, 0.3) is 0 Å². The number of aromatic nitrogens is 3. The number of methoxy groups -OCH3 is 1. The van der Waals surface area contributed by atoms with E-state index in [4.69, 9.17) is 4.74 Å². The molecular formula is C19H21N3O4. The van der Waals surface area contributed by atoms with Gasteiger partial charge in [-0.2, -0.15) is 0 Å². The molecule has 0 aliphatic heterocycles. The Labute approximate surface area is 151 Å². The summed E-state index contributed by atoms with van der Waals surface area (Å²) in [5, 5.41) is 7.85. The molecule has 1 aliphatic carbocycles. The topological polar surface area (TPSA) is 83.3 Å². The SMILES string of the molecule is COC(=O)c1cn(C2CCCCC2OC(=O)/C=C/c2ccccc2)nn1. The summed E-state index contributed by atoms with van der Waals surface area (Å²) < 4.78 is 11.9. The highest BCUT2D eigenvalue weighted by Gasteiger charge is 2.31. The largest absolute Gasteiger partial charge is 0.464 e. The van der Waals surface area contributed by atoms with Gasteiger partial charge in [0.15, 0.2) is 5.69 Å². The normalized spacial score (nSPS) is 20.0. The number of nitrogens with zero attached hydrogens (tertiary/aromatic N) is 3. The first-order chi connectivity index (χ1) is 12.7. The summed E-state index contributed by atoms with van der Waals surface area (Å²) in [6, 6.07) is 9.43. The molecule has 1 heterocycles. The predicted molar refractivity (Wildman–Crippen MR) is 94.2 cm³/mol. The number of ether oxygens (including phenoxy) is 2. The molecule has 1 aromatic carbocycles. The van der Waals surface area contributed by atoms with Gasteiger partial charge >= 0.3 is 11.9 Å². The van der Waals surface area contributed by atoms with Crippen LogP contribution >= 0.6 is 0 Å². The van der Waals surface area contributed by atoms with Crippen molar-refractivity contribution < 1.29 is 19.1 Å². The Balaban J connectivity index is 1.67. The average molecular weight is 355 g/mol. The molecule has 7 nitrogen and oxygen atoms in total. The maximum Gasteiger partial charge on any atom is 0.360 e. The molecule has 0 bridgehead atoms. The zero-order valence-electron chi connectivity index (χ0n) is 14.6. The van der Waals surface area contributed by atoms with Crippen LogP contribution in [0.4, 0.5) is 0 Å². The monoisotopic (exact) mass is 355 g/mol. The van der Waals surface area contributed by atoms with E-state index in [0.717, 1.165) is 31.2 Å². The number of carbonyl (C=O) groups is 2. The highest BCUT2D eigenvalue weighted by atomic mass is 16.5. The molecule has 2 aromatic rings. The van der Waals surface area contributed by atoms with Crippen LogP contribution in [0, 0.1) is 0 Å². The molecule has 1 saturated carbocycles. The molecule has 0 N–H and O–H groups in total. The molecule has 1 aromatic heterocycles. The van der Waals surface area contributed by atoms with E-state index in [9.17, 15) is 9.59 Å². The Morgan fingerprint density at radius 3 is 2.73 bits per heavy atom. The minimum Gasteiger partial charge on any atom is -0.464 e. The van der Waals surface area contributed by atoms with Crippen LogP contribution in [-0.2, 0) is 14.3 Å². The third kappa shape index (κ3) is 4.36. The van der Waals surface area contributed by atoms with Gasteiger partial charge in [-0.05, 0) is 30.9 Å². The van der Waals surface area contributed by atoms with Gasteiger partial charge < -0.3 is 9.47 Å². The van der Waals surface area contributed by atoms with Crippen molar-refractivity contribution in [1.82, 2.24) is 15.0 Å². The number of carbonyl (C=O) groups excluding carboxylic acids is 2. The van der Waals surface area contributed by atoms with Crippen LogP contribution in [0.15, 0.2) is 42.6 Å². The minimum atomic E-state index is -0.536. The maximum absolute atomic E-state index is 12.2. The first kappa shape index (κ1) is 17.8. The van der Waals surface area contributed by atoms with E-state index in [1.807, 2.05) is 30.3 Å². The standard InChI is InChI=1S/C19H21N3O4/c1-25-19(24)15-13-22(21-20-15)16-9-5-6-10-17(16)26-18(23)12-11-14-7-3-2-4-8-14/h2-4,7-8,11-13,16-17H,5-6,9-10H2,1H3/b12-11+. The summed E-state index contributed by atoms with van der Waals surface area (Å²) in [6.45, 7) is 0. The van der Waals surface area contributed by atoms with Crippen molar-refractivity contribution in [3.05, 3.63) is 53.9 Å². The third-order valence-electron chi connectivity index (χ3n) is 4.39. The third-order valence-corrected chi connectivity index (χ3v) is 4.39. The van der Waals surface area contributed by atoms with Crippen LogP contribution in [-0.4, -0.2) is 40.1 Å². The number of esters is 2. The molecule has 0 spiro atoms. The molecule has 0 amide bonds. The van der Waals surface area contributed by atoms with E-state index in [2.05, 4.69) is 15.0 Å². The Morgan fingerprint density at radius 1 is 1.19 bits per heavy atom. The van der Waals surface area contributed by atoms with Gasteiger partial charge in [-0.1, -0.05) is 42.0 Å². The first-order valence-corrected chi connectivity index (χ1v) is 8.61. The summed E-state index contributed by atoms with van der Waals surface area (Å²) in [5.41, 5.74) is 1.08. The van der Waals surface area contributed by atoms with Crippen molar-refractivity contribution in [2.45, 2.75) is 37.8 Å². The molecule has 1 fully saturated rings. The lowest BCUT2D eigenvalue weighted by Crippen LogP contribution is -2.32. The van der Waals surface area contributed by atoms with Crippen LogP contribution in [0.2, 0.25) is 0 Å². The van der Waals surface area contributed by atoms with Gasteiger partial charge in [-0.25, -0.2) is 14.3 Å². The molecule has 7 heteroatoms. The Hall–Kier alpha value is -2.96. The van der Waals surface area contributed by atoms with Gasteiger partial charge in [0.2, 0.25) is 0 Å². The number of hydrogen-bond acceptors (Lipinski definition) is 6. The quantitative estimate of drug-likeness (QED) is 0.606. The summed E-state index contributed by atoms with van der Waals surface area (Å²) in [4.78, 5) is 23.7. The van der Waals surface area contributed by atoms with E-state index < -0.39 is 5.97 Å². The van der Waals surface area contributed by atoms with Crippen LogP contribution in [0.25, 0.3) is 6.08 Å². The summed E-state index contributed by atoms with van der Waals surface area (Å²) in [5.74, 6) is -0.926. The summed E-state index contributed by atoms with van der Waals surface area (Å²) in [7, 11) is 1.30. The van der Waals surface area contributed by atoms with Gasteiger partial charge in [-0.3, -0.25) is 0 Å². The second-order valence-corrected chi connectivity index (χ2v) is 6.15. The molecular weight excluding hydrogens is 334 g/mol. The number of rotatable bonds is 5. The molecule has 1 aliphatic rings. The number of hydrogen-bond donors (Lipinski definition) is 0. The summed E-state index contributed by atoms with van der Waals surface area (Å²) in [6.07, 6.45) is 7.95. The van der Waals surface area contributed by atoms with E-state index in [1.54, 1.807) is 17.0 Å². The second-order valence-electron chi connectivity index (χ2n) is 6.15. The fourth-order valence-electron chi connectivity index (χ4n) is 3.07. The lowest BCUT2D eigenvalue weighted by atomic mass is 9.92. The molecule has 2 unspecified atom stereocenters. The maximum atomic E-state index is 12.2. The van der Waals surface area contributed by atoms with E-state index in [0.29, 0.717) is 0 Å². The van der Waals surface area contributed by atoms with Crippen molar-refractivity contribution in [3.63, 3.8) is 0 Å². The van der Waals surface area contributed by atoms with E-state index in [1.165, 1.54) is 13.2 Å². The highest BCUT2D eigenvalue weighted by Crippen LogP contribution is 2.30. The Morgan fingerprint density at radius 2 is 1.96 bits per heavy atom. The molecule has 0 radical (unpaired) electrons. The average Bonchev–Trinajstić information content (AvgIpc) is 3.17. The fraction of sp³-hybridized carbons (Fsp3) is 0.368. The van der Waals surface area contributed by atoms with Crippen molar-refractivity contribution in [1.29, 1.82) is 0 Å².